The molecule has 1 saturated heterocycles. The Morgan fingerprint density at radius 2 is 1.02 bits per heavy atom. The van der Waals surface area contributed by atoms with E-state index >= 15 is 0 Å². The van der Waals surface area contributed by atoms with Gasteiger partial charge in [0.2, 0.25) is 5.91 Å². The highest BCUT2D eigenvalue weighted by Gasteiger charge is 2.44. The molecule has 1 heterocycles. The van der Waals surface area contributed by atoms with Crippen LogP contribution in [0.1, 0.15) is 168 Å². The Labute approximate surface area is 371 Å². The third kappa shape index (κ3) is 31.6. The van der Waals surface area contributed by atoms with E-state index in [0.29, 0.717) is 6.42 Å². The van der Waals surface area contributed by atoms with Crippen LogP contribution >= 0.6 is 0 Å². The summed E-state index contributed by atoms with van der Waals surface area (Å²) in [6, 6.07) is -0.841. The molecule has 1 rings (SSSR count). The summed E-state index contributed by atoms with van der Waals surface area (Å²) in [5, 5.41) is 54.2. The summed E-state index contributed by atoms with van der Waals surface area (Å²) < 4.78 is 11.2. The maximum Gasteiger partial charge on any atom is 0.220 e. The van der Waals surface area contributed by atoms with Crippen molar-refractivity contribution in [3.8, 4) is 0 Å². The quantitative estimate of drug-likeness (QED) is 0.0266. The van der Waals surface area contributed by atoms with Crippen molar-refractivity contribution in [2.45, 2.75) is 211 Å². The fourth-order valence-corrected chi connectivity index (χ4v) is 6.85. The standard InChI is InChI=1S/C52H87NO8/c1-3-5-7-9-11-13-15-17-19-20-21-22-23-24-25-26-28-30-32-34-36-38-40-42-48(56)53-45(44-60-52-51(59)50(58)49(57)47(43-54)61-52)46(55)41-39-37-35-33-31-29-27-18-16-14-12-10-8-6-4-2/h5,7,11,13,17,19,21-22,24-25,28,30,34,36,39,41,45-47,49-52,54-55,57-59H,3-4,6,8-10,12,14-16,18,20,23,26-27,29,31-33,35,37-38,40,42-44H2,1-2H3,(H,53,56)/b7-5-,13-11-,19-17-,22-21-,25-24-,30-28-,36-34-,41-39+. The van der Waals surface area contributed by atoms with Crippen LogP contribution in [0.15, 0.2) is 97.2 Å². The molecule has 7 unspecified atom stereocenters. The molecular weight excluding hydrogens is 767 g/mol. The molecule has 7 atom stereocenters. The average molecular weight is 854 g/mol. The van der Waals surface area contributed by atoms with Crippen LogP contribution < -0.4 is 5.32 Å². The van der Waals surface area contributed by atoms with E-state index in [0.717, 1.165) is 70.6 Å². The number of aliphatic hydroxyl groups is 5. The van der Waals surface area contributed by atoms with Gasteiger partial charge in [-0.2, -0.15) is 0 Å². The van der Waals surface area contributed by atoms with Gasteiger partial charge in [0.15, 0.2) is 6.29 Å². The lowest BCUT2D eigenvalue weighted by Gasteiger charge is -2.40. The van der Waals surface area contributed by atoms with Crippen LogP contribution in [0.2, 0.25) is 0 Å². The van der Waals surface area contributed by atoms with Crippen LogP contribution in [0.4, 0.5) is 0 Å². The second-order valence-electron chi connectivity index (χ2n) is 16.2. The summed E-state index contributed by atoms with van der Waals surface area (Å²) in [4.78, 5) is 13.0. The second kappa shape index (κ2) is 41.1. The maximum atomic E-state index is 13.0. The van der Waals surface area contributed by atoms with Crippen molar-refractivity contribution in [2.24, 2.45) is 0 Å². The summed E-state index contributed by atoms with van der Waals surface area (Å²) in [5.41, 5.74) is 0. The van der Waals surface area contributed by atoms with Crippen molar-refractivity contribution in [3.63, 3.8) is 0 Å². The van der Waals surface area contributed by atoms with Crippen LogP contribution in [0.3, 0.4) is 0 Å². The lowest BCUT2D eigenvalue weighted by atomic mass is 9.99. The van der Waals surface area contributed by atoms with E-state index in [1.807, 2.05) is 6.08 Å². The highest BCUT2D eigenvalue weighted by atomic mass is 16.7. The highest BCUT2D eigenvalue weighted by Crippen LogP contribution is 2.22. The van der Waals surface area contributed by atoms with Gasteiger partial charge in [0.1, 0.15) is 24.4 Å². The van der Waals surface area contributed by atoms with Crippen LogP contribution in [-0.2, 0) is 14.3 Å². The second-order valence-corrected chi connectivity index (χ2v) is 16.2. The number of allylic oxidation sites excluding steroid dienone is 15. The minimum Gasteiger partial charge on any atom is -0.394 e. The number of ether oxygens (including phenoxy) is 2. The summed E-state index contributed by atoms with van der Waals surface area (Å²) >= 11 is 0. The summed E-state index contributed by atoms with van der Waals surface area (Å²) in [7, 11) is 0. The Bertz CT molecular complexity index is 1270. The molecule has 1 fully saturated rings. The fraction of sp³-hybridized carbons (Fsp3) is 0.673. The van der Waals surface area contributed by atoms with Crippen molar-refractivity contribution in [1.29, 1.82) is 0 Å². The molecule has 0 aromatic rings. The molecule has 0 radical (unpaired) electrons. The Morgan fingerprint density at radius 1 is 0.574 bits per heavy atom. The lowest BCUT2D eigenvalue weighted by Crippen LogP contribution is -2.60. The first-order valence-electron chi connectivity index (χ1n) is 24.0. The molecule has 9 nitrogen and oxygen atoms in total. The molecule has 9 heteroatoms. The summed E-state index contributed by atoms with van der Waals surface area (Å²) in [6.07, 6.45) is 51.6. The number of nitrogens with one attached hydrogen (secondary N) is 1. The highest BCUT2D eigenvalue weighted by molar-refractivity contribution is 5.76. The van der Waals surface area contributed by atoms with Crippen molar-refractivity contribution < 1.29 is 39.8 Å². The monoisotopic (exact) mass is 854 g/mol. The minimum atomic E-state index is -1.58. The van der Waals surface area contributed by atoms with Gasteiger partial charge in [0.25, 0.3) is 0 Å². The van der Waals surface area contributed by atoms with Gasteiger partial charge in [-0.1, -0.05) is 188 Å². The van der Waals surface area contributed by atoms with E-state index < -0.39 is 49.5 Å². The van der Waals surface area contributed by atoms with Gasteiger partial charge in [-0.25, -0.2) is 0 Å². The van der Waals surface area contributed by atoms with E-state index in [1.165, 1.54) is 70.6 Å². The smallest absolute Gasteiger partial charge is 0.220 e. The number of rotatable bonds is 38. The third-order valence-corrected chi connectivity index (χ3v) is 10.7. The molecule has 0 saturated carbocycles. The van der Waals surface area contributed by atoms with Crippen LogP contribution in [0, 0.1) is 0 Å². The molecule has 0 aromatic heterocycles. The molecule has 0 bridgehead atoms. The van der Waals surface area contributed by atoms with Crippen LogP contribution in [-0.4, -0.2) is 87.5 Å². The Kier molecular flexibility index (Phi) is 37.9. The molecule has 1 aliphatic rings. The van der Waals surface area contributed by atoms with E-state index in [4.69, 9.17) is 9.47 Å². The molecule has 0 aliphatic carbocycles. The molecule has 348 valence electrons. The van der Waals surface area contributed by atoms with E-state index in [-0.39, 0.29) is 18.9 Å². The Balaban J connectivity index is 2.40. The maximum absolute atomic E-state index is 13.0. The minimum absolute atomic E-state index is 0.218. The van der Waals surface area contributed by atoms with Gasteiger partial charge in [0.05, 0.1) is 25.4 Å². The molecule has 0 spiro atoms. The van der Waals surface area contributed by atoms with Crippen molar-refractivity contribution in [3.05, 3.63) is 97.2 Å². The number of hydrogen-bond donors (Lipinski definition) is 6. The zero-order chi connectivity index (χ0) is 44.4. The molecule has 0 aromatic carbocycles. The van der Waals surface area contributed by atoms with Gasteiger partial charge >= 0.3 is 0 Å². The van der Waals surface area contributed by atoms with Crippen LogP contribution in [0.5, 0.6) is 0 Å². The number of carbonyl (C=O) groups is 1. The number of aliphatic hydroxyl groups excluding tert-OH is 5. The molecular formula is C52H87NO8. The predicted molar refractivity (Wildman–Crippen MR) is 253 cm³/mol. The van der Waals surface area contributed by atoms with E-state index in [1.54, 1.807) is 6.08 Å². The lowest BCUT2D eigenvalue weighted by molar-refractivity contribution is -0.302. The number of unbranched alkanes of at least 4 members (excludes halogenated alkanes) is 14. The van der Waals surface area contributed by atoms with Gasteiger partial charge in [-0.05, 0) is 70.6 Å². The molecule has 61 heavy (non-hydrogen) atoms. The number of hydrogen-bond acceptors (Lipinski definition) is 8. The largest absolute Gasteiger partial charge is 0.394 e. The van der Waals surface area contributed by atoms with E-state index in [2.05, 4.69) is 104 Å². The summed E-state index contributed by atoms with van der Waals surface area (Å²) in [5.74, 6) is -0.239. The zero-order valence-corrected chi connectivity index (χ0v) is 38.1. The molecule has 1 aliphatic heterocycles. The first-order valence-corrected chi connectivity index (χ1v) is 24.0. The normalized spacial score (nSPS) is 21.3. The van der Waals surface area contributed by atoms with Gasteiger partial charge < -0.3 is 40.3 Å². The Hall–Kier alpha value is -2.89. The first-order chi connectivity index (χ1) is 29.8. The zero-order valence-electron chi connectivity index (χ0n) is 38.1. The van der Waals surface area contributed by atoms with Crippen molar-refractivity contribution in [2.75, 3.05) is 13.2 Å². The molecule has 1 amide bonds. The SMILES string of the molecule is CC/C=C\C/C=C\C/C=C\C/C=C\C/C=C\C/C=C\C/C=C\CCCC(=O)NC(COC1OC(CO)C(O)C(O)C1O)C(O)/C=C/CCCCCCCCCCCCCCC. The number of amides is 1. The average Bonchev–Trinajstić information content (AvgIpc) is 3.26. The van der Waals surface area contributed by atoms with Gasteiger partial charge in [0, 0.05) is 6.42 Å². The van der Waals surface area contributed by atoms with Crippen molar-refractivity contribution >= 4 is 5.91 Å². The number of carbonyl (C=O) groups excluding carboxylic acids is 1. The van der Waals surface area contributed by atoms with Crippen molar-refractivity contribution in [1.82, 2.24) is 5.32 Å². The third-order valence-electron chi connectivity index (χ3n) is 10.7. The van der Waals surface area contributed by atoms with Crippen LogP contribution in [0.25, 0.3) is 0 Å². The predicted octanol–water partition coefficient (Wildman–Crippen LogP) is 10.5. The Morgan fingerprint density at radius 3 is 1.49 bits per heavy atom. The first kappa shape index (κ1) is 56.1. The van der Waals surface area contributed by atoms with E-state index in [9.17, 15) is 30.3 Å². The van der Waals surface area contributed by atoms with Gasteiger partial charge in [-0.15, -0.1) is 0 Å². The molecule has 6 N–H and O–H groups in total. The fourth-order valence-electron chi connectivity index (χ4n) is 6.85. The van der Waals surface area contributed by atoms with Gasteiger partial charge in [-0.3, -0.25) is 4.79 Å². The summed E-state index contributed by atoms with van der Waals surface area (Å²) in [6.45, 7) is 3.61. The topological polar surface area (TPSA) is 149 Å².